The lowest BCUT2D eigenvalue weighted by atomic mass is 10.1. The SMILES string of the molecule is CC(=O)N1CCc2cc(N3C[C@H](C(=O)Nc4cccc(Cl)c4F)CC3=O)ccc21. The van der Waals surface area contributed by atoms with Gasteiger partial charge in [-0.05, 0) is 42.3 Å². The molecule has 0 bridgehead atoms. The maximum atomic E-state index is 14.0. The Hall–Kier alpha value is -2.93. The Kier molecular flexibility index (Phi) is 5.00. The van der Waals surface area contributed by atoms with Gasteiger partial charge in [0.25, 0.3) is 0 Å². The predicted molar refractivity (Wildman–Crippen MR) is 109 cm³/mol. The van der Waals surface area contributed by atoms with Crippen molar-refractivity contribution in [3.63, 3.8) is 0 Å². The second-order valence-corrected chi connectivity index (χ2v) is 7.64. The maximum absolute atomic E-state index is 14.0. The van der Waals surface area contributed by atoms with Gasteiger partial charge >= 0.3 is 0 Å². The maximum Gasteiger partial charge on any atom is 0.229 e. The highest BCUT2D eigenvalue weighted by molar-refractivity contribution is 6.31. The number of hydrogen-bond acceptors (Lipinski definition) is 3. The van der Waals surface area contributed by atoms with Crippen LogP contribution in [0.5, 0.6) is 0 Å². The van der Waals surface area contributed by atoms with Crippen molar-refractivity contribution in [2.75, 3.05) is 28.2 Å². The summed E-state index contributed by atoms with van der Waals surface area (Å²) in [6.45, 7) is 2.36. The van der Waals surface area contributed by atoms with Crippen molar-refractivity contribution in [2.24, 2.45) is 5.92 Å². The molecule has 8 heteroatoms. The van der Waals surface area contributed by atoms with Gasteiger partial charge in [0.15, 0.2) is 5.82 Å². The molecule has 2 aliphatic rings. The molecule has 0 spiro atoms. The zero-order valence-electron chi connectivity index (χ0n) is 15.7. The van der Waals surface area contributed by atoms with Crippen LogP contribution in [0.4, 0.5) is 21.5 Å². The Bertz CT molecular complexity index is 1030. The molecule has 29 heavy (non-hydrogen) atoms. The van der Waals surface area contributed by atoms with Gasteiger partial charge < -0.3 is 15.1 Å². The number of carbonyl (C=O) groups excluding carboxylic acids is 3. The summed E-state index contributed by atoms with van der Waals surface area (Å²) in [6.07, 6.45) is 0.771. The van der Waals surface area contributed by atoms with Crippen molar-refractivity contribution in [2.45, 2.75) is 19.8 Å². The molecule has 0 aliphatic carbocycles. The summed E-state index contributed by atoms with van der Waals surface area (Å²) < 4.78 is 14.0. The third-order valence-electron chi connectivity index (χ3n) is 5.36. The minimum Gasteiger partial charge on any atom is -0.323 e. The Morgan fingerprint density at radius 1 is 1.24 bits per heavy atom. The van der Waals surface area contributed by atoms with E-state index in [1.165, 1.54) is 19.1 Å². The molecular weight excluding hydrogens is 397 g/mol. The lowest BCUT2D eigenvalue weighted by Crippen LogP contribution is -2.28. The fourth-order valence-electron chi connectivity index (χ4n) is 3.85. The van der Waals surface area contributed by atoms with Gasteiger partial charge in [-0.15, -0.1) is 0 Å². The van der Waals surface area contributed by atoms with Crippen molar-refractivity contribution < 1.29 is 18.8 Å². The second-order valence-electron chi connectivity index (χ2n) is 7.23. The number of hydrogen-bond donors (Lipinski definition) is 1. The number of amides is 3. The van der Waals surface area contributed by atoms with Crippen molar-refractivity contribution in [1.29, 1.82) is 0 Å². The van der Waals surface area contributed by atoms with Crippen molar-refractivity contribution in [1.82, 2.24) is 0 Å². The third kappa shape index (κ3) is 3.58. The summed E-state index contributed by atoms with van der Waals surface area (Å²) in [5, 5.41) is 2.45. The molecule has 1 fully saturated rings. The van der Waals surface area contributed by atoms with Crippen LogP contribution in [0.15, 0.2) is 36.4 Å². The van der Waals surface area contributed by atoms with Crippen LogP contribution in [0.1, 0.15) is 18.9 Å². The third-order valence-corrected chi connectivity index (χ3v) is 5.65. The summed E-state index contributed by atoms with van der Waals surface area (Å²) in [7, 11) is 0. The van der Waals surface area contributed by atoms with E-state index in [0.29, 0.717) is 12.2 Å². The zero-order chi connectivity index (χ0) is 20.7. The largest absolute Gasteiger partial charge is 0.323 e. The van der Waals surface area contributed by atoms with E-state index < -0.39 is 17.6 Å². The highest BCUT2D eigenvalue weighted by Gasteiger charge is 2.36. The van der Waals surface area contributed by atoms with Crippen LogP contribution >= 0.6 is 11.6 Å². The number of rotatable bonds is 3. The Morgan fingerprint density at radius 2 is 2.03 bits per heavy atom. The molecule has 1 N–H and O–H groups in total. The molecule has 0 saturated carbocycles. The number of benzene rings is 2. The average molecular weight is 416 g/mol. The van der Waals surface area contributed by atoms with E-state index >= 15 is 0 Å². The van der Waals surface area contributed by atoms with E-state index in [2.05, 4.69) is 5.32 Å². The van der Waals surface area contributed by atoms with Gasteiger partial charge in [0.1, 0.15) is 0 Å². The molecule has 2 heterocycles. The molecule has 0 unspecified atom stereocenters. The average Bonchev–Trinajstić information content (AvgIpc) is 3.28. The van der Waals surface area contributed by atoms with Crippen LogP contribution in [0.2, 0.25) is 5.02 Å². The normalized spacial score (nSPS) is 18.2. The van der Waals surface area contributed by atoms with Gasteiger partial charge in [-0.2, -0.15) is 0 Å². The first-order chi connectivity index (χ1) is 13.8. The minimum absolute atomic E-state index is 0.00439. The van der Waals surface area contributed by atoms with Crippen molar-refractivity contribution >= 4 is 46.4 Å². The minimum atomic E-state index is -0.697. The summed E-state index contributed by atoms with van der Waals surface area (Å²) in [5.74, 6) is -1.90. The lowest BCUT2D eigenvalue weighted by molar-refractivity contribution is -0.122. The van der Waals surface area contributed by atoms with Crippen molar-refractivity contribution in [3.05, 3.63) is 52.8 Å². The fraction of sp³-hybridized carbons (Fsp3) is 0.286. The summed E-state index contributed by atoms with van der Waals surface area (Å²) in [6, 6.07) is 9.88. The van der Waals surface area contributed by atoms with Gasteiger partial charge in [-0.1, -0.05) is 17.7 Å². The molecule has 2 aliphatic heterocycles. The molecule has 2 aromatic rings. The van der Waals surface area contributed by atoms with E-state index in [-0.39, 0.29) is 35.5 Å². The molecule has 4 rings (SSSR count). The predicted octanol–water partition coefficient (Wildman–Crippen LogP) is 3.38. The molecule has 2 aromatic carbocycles. The molecular formula is C21H19ClFN3O3. The van der Waals surface area contributed by atoms with Crippen molar-refractivity contribution in [3.8, 4) is 0 Å². The highest BCUT2D eigenvalue weighted by Crippen LogP contribution is 2.34. The smallest absolute Gasteiger partial charge is 0.229 e. The Labute approximate surface area is 172 Å². The second kappa shape index (κ2) is 7.48. The number of nitrogens with one attached hydrogen (secondary N) is 1. The van der Waals surface area contributed by atoms with Gasteiger partial charge in [0.05, 0.1) is 16.6 Å². The zero-order valence-corrected chi connectivity index (χ0v) is 16.5. The molecule has 150 valence electrons. The van der Waals surface area contributed by atoms with Crippen LogP contribution in [0.25, 0.3) is 0 Å². The lowest BCUT2D eigenvalue weighted by Gasteiger charge is -2.19. The van der Waals surface area contributed by atoms with E-state index in [9.17, 15) is 18.8 Å². The first kappa shape index (κ1) is 19.4. The molecule has 0 aromatic heterocycles. The molecule has 3 amide bonds. The summed E-state index contributed by atoms with van der Waals surface area (Å²) in [5.41, 5.74) is 2.55. The fourth-order valence-corrected chi connectivity index (χ4v) is 4.03. The van der Waals surface area contributed by atoms with E-state index in [4.69, 9.17) is 11.6 Å². The molecule has 1 saturated heterocycles. The summed E-state index contributed by atoms with van der Waals surface area (Å²) in [4.78, 5) is 40.1. The van der Waals surface area contributed by atoms with E-state index in [1.807, 2.05) is 12.1 Å². The number of carbonyl (C=O) groups is 3. The van der Waals surface area contributed by atoms with Crippen LogP contribution in [-0.2, 0) is 20.8 Å². The summed E-state index contributed by atoms with van der Waals surface area (Å²) >= 11 is 5.75. The topological polar surface area (TPSA) is 69.7 Å². The van der Waals surface area contributed by atoms with Gasteiger partial charge in [0.2, 0.25) is 17.7 Å². The molecule has 1 atom stereocenters. The van der Waals surface area contributed by atoms with Gasteiger partial charge in [-0.3, -0.25) is 14.4 Å². The van der Waals surface area contributed by atoms with Gasteiger partial charge in [0, 0.05) is 37.8 Å². The van der Waals surface area contributed by atoms with Crippen LogP contribution in [0.3, 0.4) is 0 Å². The van der Waals surface area contributed by atoms with E-state index in [1.54, 1.807) is 21.9 Å². The quantitative estimate of drug-likeness (QED) is 0.835. The Morgan fingerprint density at radius 3 is 2.79 bits per heavy atom. The monoisotopic (exact) mass is 415 g/mol. The first-order valence-corrected chi connectivity index (χ1v) is 9.69. The van der Waals surface area contributed by atoms with Crippen LogP contribution < -0.4 is 15.1 Å². The molecule has 0 radical (unpaired) electrons. The van der Waals surface area contributed by atoms with Crippen LogP contribution in [-0.4, -0.2) is 30.8 Å². The van der Waals surface area contributed by atoms with Crippen LogP contribution in [0, 0.1) is 11.7 Å². The standard InChI is InChI=1S/C21H19ClFN3O3/c1-12(27)25-8-7-13-9-15(5-6-18(13)25)26-11-14(10-19(26)28)21(29)24-17-4-2-3-16(22)20(17)23/h2-6,9,14H,7-8,10-11H2,1H3,(H,24,29)/t14-/m1/s1. The van der Waals surface area contributed by atoms with E-state index in [0.717, 1.165) is 17.7 Å². The van der Waals surface area contributed by atoms with Gasteiger partial charge in [-0.25, -0.2) is 4.39 Å². The Balaban J connectivity index is 1.49. The number of nitrogens with zero attached hydrogens (tertiary/aromatic N) is 2. The molecule has 6 nitrogen and oxygen atoms in total. The first-order valence-electron chi connectivity index (χ1n) is 9.31. The number of fused-ring (bicyclic) bond motifs is 1. The highest BCUT2D eigenvalue weighted by atomic mass is 35.5. The number of anilines is 3. The number of halogens is 2.